The highest BCUT2D eigenvalue weighted by atomic mass is 79.9. The first kappa shape index (κ1) is 81.2. The Morgan fingerprint density at radius 3 is 1.25 bits per heavy atom. The van der Waals surface area contributed by atoms with Gasteiger partial charge in [0.05, 0.1) is 29.1 Å². The average molecular weight is 1540 g/mol. The maximum atomic E-state index is 10.9. The molecule has 0 spiro atoms. The minimum Gasteiger partial charge on any atom is -0.392 e. The van der Waals surface area contributed by atoms with E-state index >= 15 is 0 Å². The van der Waals surface area contributed by atoms with Gasteiger partial charge in [-0.15, -0.1) is 20.2 Å². The third-order valence-corrected chi connectivity index (χ3v) is 22.9. The molecule has 0 radical (unpaired) electrons. The highest BCUT2D eigenvalue weighted by Gasteiger charge is 2.33. The number of thioether (sulfide) groups is 5. The maximum Gasteiger partial charge on any atom is 0.294 e. The quantitative estimate of drug-likeness (QED) is 0.0308. The number of aliphatic hydroxyl groups excluding tert-OH is 1. The van der Waals surface area contributed by atoms with E-state index in [1.807, 2.05) is 54.7 Å². The Labute approximate surface area is 501 Å². The van der Waals surface area contributed by atoms with Crippen LogP contribution in [0.25, 0.3) is 0 Å². The van der Waals surface area contributed by atoms with Gasteiger partial charge in [-0.3, -0.25) is 0 Å². The second-order valence-corrected chi connectivity index (χ2v) is 29.4. The van der Waals surface area contributed by atoms with E-state index in [9.17, 15) is 37.1 Å². The van der Waals surface area contributed by atoms with E-state index < -0.39 is 42.1 Å². The van der Waals surface area contributed by atoms with Crippen LogP contribution in [0.3, 0.4) is 0 Å². The molecule has 2 aliphatic rings. The lowest BCUT2D eigenvalue weighted by Crippen LogP contribution is -2.28. The maximum absolute atomic E-state index is 10.9. The molecule has 2 fully saturated rings. The molecular formula is C41H69Br6N7O11S7. The summed E-state index contributed by atoms with van der Waals surface area (Å²) in [5.74, 6) is 6.96. The lowest BCUT2D eigenvalue weighted by Gasteiger charge is -2.18. The number of hydrogen-bond acceptors (Lipinski definition) is 21. The average Bonchev–Trinajstić information content (AvgIpc) is 3.72. The van der Waals surface area contributed by atoms with Crippen LogP contribution < -0.4 is 0 Å². The monoisotopic (exact) mass is 1530 g/mol. The van der Waals surface area contributed by atoms with Crippen LogP contribution in [0.2, 0.25) is 0 Å². The number of nitriles is 5. The van der Waals surface area contributed by atoms with Gasteiger partial charge in [-0.25, -0.2) is 16.8 Å². The number of hydrogen-bond donors (Lipinski definition) is 1. The Hall–Kier alpha value is 0.340. The molecule has 12 unspecified atom stereocenters. The van der Waals surface area contributed by atoms with Gasteiger partial charge in [-0.05, 0) is 119 Å². The van der Waals surface area contributed by atoms with Crippen LogP contribution in [0.4, 0.5) is 0 Å². The normalized spacial score (nSPS) is 20.8. The zero-order chi connectivity index (χ0) is 56.9. The Morgan fingerprint density at radius 2 is 0.972 bits per heavy atom. The van der Waals surface area contributed by atoms with Crippen LogP contribution in [0.15, 0.2) is 0 Å². The molecule has 0 aromatic rings. The highest BCUT2D eigenvalue weighted by Crippen LogP contribution is 2.25. The first-order chi connectivity index (χ1) is 33.6. The summed E-state index contributed by atoms with van der Waals surface area (Å²) >= 11 is 25.2. The van der Waals surface area contributed by atoms with Crippen molar-refractivity contribution in [2.45, 2.75) is 91.4 Å². The summed E-state index contributed by atoms with van der Waals surface area (Å²) in [7, 11) is -5.34. The molecule has 0 aromatic carbocycles. The summed E-state index contributed by atoms with van der Waals surface area (Å²) in [5, 5.41) is 82.8. The van der Waals surface area contributed by atoms with Crippen LogP contribution in [0.5, 0.6) is 0 Å². The van der Waals surface area contributed by atoms with E-state index in [-0.39, 0.29) is 34.4 Å². The Morgan fingerprint density at radius 1 is 0.569 bits per heavy atom. The number of halogens is 6. The number of thiocyanates is 5. The molecule has 1 N–H and O–H groups in total. The van der Waals surface area contributed by atoms with Crippen molar-refractivity contribution in [3.63, 3.8) is 0 Å². The van der Waals surface area contributed by atoms with Crippen molar-refractivity contribution < 1.29 is 41.8 Å². The fourth-order valence-corrected chi connectivity index (χ4v) is 16.6. The van der Waals surface area contributed by atoms with E-state index in [0.29, 0.717) is 68.8 Å². The number of alkyl halides is 6. The van der Waals surface area contributed by atoms with Crippen molar-refractivity contribution in [3.05, 3.63) is 20.2 Å². The molecule has 18 nitrogen and oxygen atoms in total. The van der Waals surface area contributed by atoms with E-state index in [1.165, 1.54) is 29.9 Å². The smallest absolute Gasteiger partial charge is 0.294 e. The largest absolute Gasteiger partial charge is 0.392 e. The molecule has 12 atom stereocenters. The summed E-state index contributed by atoms with van der Waals surface area (Å²) in [6.45, 7) is 15.8. The van der Waals surface area contributed by atoms with Gasteiger partial charge < -0.3 is 14.8 Å². The van der Waals surface area contributed by atoms with Crippen LogP contribution >= 0.6 is 154 Å². The van der Waals surface area contributed by atoms with Crippen molar-refractivity contribution >= 4 is 174 Å². The molecule has 2 heterocycles. The van der Waals surface area contributed by atoms with Crippen molar-refractivity contribution in [3.8, 4) is 27.0 Å². The Bertz CT molecular complexity index is 1780. The molecule has 0 bridgehead atoms. The predicted octanol–water partition coefficient (Wildman–Crippen LogP) is 12.0. The highest BCUT2D eigenvalue weighted by molar-refractivity contribution is 9.10. The molecule has 0 aromatic heterocycles. The molecule has 72 heavy (non-hydrogen) atoms. The minimum absolute atomic E-state index is 0.0329. The van der Waals surface area contributed by atoms with Gasteiger partial charge in [0.2, 0.25) is 0 Å². The number of rotatable bonds is 24. The van der Waals surface area contributed by atoms with Crippen LogP contribution in [-0.4, -0.2) is 134 Å². The third-order valence-electron chi connectivity index (χ3n) is 9.68. The molecular weight excluding hydrogens is 1470 g/mol. The fraction of sp³-hybridized carbons (Fsp3) is 0.878. The van der Waals surface area contributed by atoms with Gasteiger partial charge in [-0.1, -0.05) is 151 Å². The topological polar surface area (TPSA) is 312 Å². The number of sulfone groups is 2. The van der Waals surface area contributed by atoms with Gasteiger partial charge in [0.25, 0.3) is 10.2 Å². The molecule has 0 amide bonds. The van der Waals surface area contributed by atoms with Crippen molar-refractivity contribution in [1.29, 1.82) is 26.3 Å². The molecule has 2 rings (SSSR count). The summed E-state index contributed by atoms with van der Waals surface area (Å²) in [6, 6.07) is 0. The molecule has 2 saturated heterocycles. The lowest BCUT2D eigenvalue weighted by atomic mass is 10.0. The second-order valence-electron chi connectivity index (χ2n) is 16.5. The zero-order valence-electron chi connectivity index (χ0n) is 41.5. The predicted molar refractivity (Wildman–Crippen MR) is 322 cm³/mol. The third kappa shape index (κ3) is 52.4. The van der Waals surface area contributed by atoms with Gasteiger partial charge in [-0.2, -0.15) is 26.3 Å². The Kier molecular flexibility index (Phi) is 58.7. The molecule has 31 heteroatoms. The molecule has 418 valence electrons. The zero-order valence-corrected chi connectivity index (χ0v) is 56.8. The summed E-state index contributed by atoms with van der Waals surface area (Å²) < 4.78 is 43.3. The fourth-order valence-electron chi connectivity index (χ4n) is 4.74. The SMILES string of the molecule is CC(CBr)C(O)CBr.CC(CBr)CCBr.CC(CCSC#N)CSC#N.CC(CSC#N)C(CBr)O[N+](=O)[O-].CC(CSC#N)C(CSC#N)O[N+](=O)[O-].CC1CS(=O)(=O)CC1Br.CC1CS(=O)(=O)CC1C. The minimum atomic E-state index is -2.69. The van der Waals surface area contributed by atoms with E-state index in [1.54, 1.807) is 13.8 Å². The van der Waals surface area contributed by atoms with Crippen molar-refractivity contribution in [1.82, 2.24) is 0 Å². The van der Waals surface area contributed by atoms with Crippen LogP contribution in [0.1, 0.15) is 68.2 Å². The number of aliphatic hydroxyl groups is 1. The summed E-state index contributed by atoms with van der Waals surface area (Å²) in [5.41, 5.74) is 0. The van der Waals surface area contributed by atoms with Gasteiger partial charge >= 0.3 is 0 Å². The van der Waals surface area contributed by atoms with Crippen LogP contribution in [0, 0.1) is 121 Å². The Balaban J connectivity index is -0.000000246. The van der Waals surface area contributed by atoms with Crippen LogP contribution in [-0.2, 0) is 29.3 Å². The summed E-state index contributed by atoms with van der Waals surface area (Å²) in [6.07, 6.45) is 0.939. The standard InChI is InChI=1S/C7H9N3O3S2.C7H10N2S2.C6H9BrN2O3S.C6H12O2S.C5H10Br2O.C5H10Br2.C5H9BrO2S/c1-6(2-14-4-8)7(3-15-5-9)13-10(11)12;1-7(4-11-6-9)2-3-10-5-8;1-5(3-13-4-8)6(2-7)12-9(10)11;1-5-3-9(7,8)4-6(5)2;1-4(2-6)5(8)3-7;1-5(4-7)2-3-6;1-4-2-9(7,8)3-5(4)6/h6-7H,2-3H2,1H3;7H,2-4H2,1H3;5-6H,2-3H2,1H3;5-6H,3-4H2,1-2H3;4-5,8H,2-3H2,1H3;5H,2-4H2,1H3;4-5H,2-3H2,1H3. The molecule has 0 saturated carbocycles. The number of nitrogens with zero attached hydrogens (tertiary/aromatic N) is 7. The second kappa shape index (κ2) is 52.1. The van der Waals surface area contributed by atoms with Crippen molar-refractivity contribution in [2.24, 2.45) is 47.3 Å². The van der Waals surface area contributed by atoms with Gasteiger partial charge in [0, 0.05) is 60.2 Å². The first-order valence-corrected chi connectivity index (χ1v) is 36.9. The van der Waals surface area contributed by atoms with Gasteiger partial charge in [0.15, 0.2) is 19.7 Å². The van der Waals surface area contributed by atoms with E-state index in [0.717, 1.165) is 75.1 Å². The van der Waals surface area contributed by atoms with Crippen molar-refractivity contribution in [2.75, 3.05) is 78.4 Å². The van der Waals surface area contributed by atoms with E-state index in [2.05, 4.69) is 119 Å². The molecule has 0 aliphatic carbocycles. The van der Waals surface area contributed by atoms with Gasteiger partial charge in [0.1, 0.15) is 39.2 Å². The molecule has 2 aliphatic heterocycles. The first-order valence-electron chi connectivity index (χ1n) is 21.8. The lowest BCUT2D eigenvalue weighted by molar-refractivity contribution is -0.768. The summed E-state index contributed by atoms with van der Waals surface area (Å²) in [4.78, 5) is 29.2. The van der Waals surface area contributed by atoms with E-state index in [4.69, 9.17) is 31.4 Å².